The molecule has 0 aromatic carbocycles. The number of rotatable bonds is 6. The maximum atomic E-state index is 12.4. The van der Waals surface area contributed by atoms with Crippen LogP contribution in [-0.2, 0) is 15.0 Å². The third-order valence-corrected chi connectivity index (χ3v) is 5.48. The molecule has 0 aliphatic carbocycles. The van der Waals surface area contributed by atoms with Gasteiger partial charge < -0.3 is 5.32 Å². The van der Waals surface area contributed by atoms with Gasteiger partial charge in [0.15, 0.2) is 0 Å². The lowest BCUT2D eigenvalue weighted by molar-refractivity contribution is -0.124. The Balaban J connectivity index is 2.78. The van der Waals surface area contributed by atoms with Crippen molar-refractivity contribution in [2.24, 2.45) is 0 Å². The molecule has 19 heavy (non-hydrogen) atoms. The molecule has 1 saturated heterocycles. The molecule has 1 fully saturated rings. The van der Waals surface area contributed by atoms with Crippen molar-refractivity contribution >= 4 is 16.1 Å². The summed E-state index contributed by atoms with van der Waals surface area (Å²) in [5.74, 6) is -0.188. The lowest BCUT2D eigenvalue weighted by atomic mass is 10.1. The Labute approximate surface area is 116 Å². The summed E-state index contributed by atoms with van der Waals surface area (Å²) in [6, 6.07) is -0.587. The fraction of sp³-hybridized carbons (Fsp3) is 0.917. The molecule has 1 amide bonds. The standard InChI is InChI=1S/C12H25N3O3S/c1-4-5-10-14(2)19(17,18)15(3)11-8-6-7-9-13-12(11)16/h11H,4-10H2,1-3H3,(H,13,16)/t11-/m1/s1. The molecule has 1 rings (SSSR count). The van der Waals surface area contributed by atoms with Gasteiger partial charge in [-0.25, -0.2) is 0 Å². The topological polar surface area (TPSA) is 69.7 Å². The van der Waals surface area contributed by atoms with E-state index in [4.69, 9.17) is 0 Å². The SMILES string of the molecule is CCCCN(C)S(=O)(=O)N(C)[C@@H]1CCCCNC1=O. The highest BCUT2D eigenvalue weighted by atomic mass is 32.2. The number of likely N-dealkylation sites (N-methyl/N-ethyl adjacent to an activating group) is 1. The zero-order valence-electron chi connectivity index (χ0n) is 12.1. The smallest absolute Gasteiger partial charge is 0.282 e. The molecule has 1 N–H and O–H groups in total. The molecule has 1 aliphatic rings. The first-order valence-corrected chi connectivity index (χ1v) is 8.28. The van der Waals surface area contributed by atoms with E-state index >= 15 is 0 Å². The van der Waals surface area contributed by atoms with Gasteiger partial charge in [0, 0.05) is 27.2 Å². The van der Waals surface area contributed by atoms with Gasteiger partial charge in [-0.3, -0.25) is 4.79 Å². The molecular formula is C12H25N3O3S. The minimum atomic E-state index is -3.55. The second-order valence-electron chi connectivity index (χ2n) is 5.00. The van der Waals surface area contributed by atoms with Gasteiger partial charge in [-0.2, -0.15) is 17.0 Å². The van der Waals surface area contributed by atoms with Crippen LogP contribution in [-0.4, -0.2) is 56.2 Å². The van der Waals surface area contributed by atoms with Crippen LogP contribution < -0.4 is 5.32 Å². The second-order valence-corrected chi connectivity index (χ2v) is 7.10. The van der Waals surface area contributed by atoms with Gasteiger partial charge >= 0.3 is 0 Å². The average molecular weight is 291 g/mol. The summed E-state index contributed by atoms with van der Waals surface area (Å²) < 4.78 is 27.3. The van der Waals surface area contributed by atoms with Crippen molar-refractivity contribution in [3.05, 3.63) is 0 Å². The summed E-state index contributed by atoms with van der Waals surface area (Å²) >= 11 is 0. The number of carbonyl (C=O) groups is 1. The van der Waals surface area contributed by atoms with Gasteiger partial charge in [-0.1, -0.05) is 13.3 Å². The first kappa shape index (κ1) is 16.4. The summed E-state index contributed by atoms with van der Waals surface area (Å²) in [6.45, 7) is 3.13. The number of nitrogens with one attached hydrogen (secondary N) is 1. The fourth-order valence-corrected chi connectivity index (χ4v) is 3.47. The lowest BCUT2D eigenvalue weighted by Crippen LogP contribution is -2.50. The Morgan fingerprint density at radius 2 is 2.00 bits per heavy atom. The molecule has 0 radical (unpaired) electrons. The van der Waals surface area contributed by atoms with E-state index in [1.165, 1.54) is 15.7 Å². The van der Waals surface area contributed by atoms with Crippen molar-refractivity contribution in [2.75, 3.05) is 27.2 Å². The summed E-state index contributed by atoms with van der Waals surface area (Å²) in [4.78, 5) is 11.9. The molecule has 0 spiro atoms. The molecule has 1 aliphatic heterocycles. The number of hydrogen-bond donors (Lipinski definition) is 1. The highest BCUT2D eigenvalue weighted by Gasteiger charge is 2.34. The molecule has 112 valence electrons. The molecule has 0 aromatic rings. The number of amides is 1. The summed E-state index contributed by atoms with van der Waals surface area (Å²) in [5, 5.41) is 2.77. The van der Waals surface area contributed by atoms with Crippen LogP contribution in [0.4, 0.5) is 0 Å². The van der Waals surface area contributed by atoms with Crippen LogP contribution in [0.2, 0.25) is 0 Å². The van der Waals surface area contributed by atoms with E-state index < -0.39 is 16.3 Å². The van der Waals surface area contributed by atoms with E-state index in [0.717, 1.165) is 25.7 Å². The Bertz CT molecular complexity index is 397. The molecule has 7 heteroatoms. The number of nitrogens with zero attached hydrogens (tertiary/aromatic N) is 2. The zero-order chi connectivity index (χ0) is 14.5. The number of unbranched alkanes of at least 4 members (excludes halogenated alkanes) is 1. The Morgan fingerprint density at radius 3 is 2.63 bits per heavy atom. The van der Waals surface area contributed by atoms with Crippen LogP contribution in [0, 0.1) is 0 Å². The van der Waals surface area contributed by atoms with Crippen molar-refractivity contribution < 1.29 is 13.2 Å². The Hall–Kier alpha value is -0.660. The van der Waals surface area contributed by atoms with E-state index in [-0.39, 0.29) is 5.91 Å². The largest absolute Gasteiger partial charge is 0.355 e. The van der Waals surface area contributed by atoms with Crippen LogP contribution in [0.3, 0.4) is 0 Å². The maximum Gasteiger partial charge on any atom is 0.282 e. The molecule has 0 unspecified atom stereocenters. The third-order valence-electron chi connectivity index (χ3n) is 3.53. The Morgan fingerprint density at radius 1 is 1.32 bits per heavy atom. The van der Waals surface area contributed by atoms with Crippen LogP contribution in [0.15, 0.2) is 0 Å². The minimum Gasteiger partial charge on any atom is -0.355 e. The van der Waals surface area contributed by atoms with Crippen molar-refractivity contribution in [1.29, 1.82) is 0 Å². The summed E-state index contributed by atoms with van der Waals surface area (Å²) in [7, 11) is -0.495. The Kier molecular flexibility index (Phi) is 6.22. The van der Waals surface area contributed by atoms with E-state index in [1.54, 1.807) is 7.05 Å². The van der Waals surface area contributed by atoms with Gasteiger partial charge in [-0.05, 0) is 25.7 Å². The van der Waals surface area contributed by atoms with Crippen LogP contribution >= 0.6 is 0 Å². The molecule has 1 heterocycles. The van der Waals surface area contributed by atoms with Gasteiger partial charge in [0.2, 0.25) is 5.91 Å². The third kappa shape index (κ3) is 4.15. The predicted molar refractivity (Wildman–Crippen MR) is 74.9 cm³/mol. The summed E-state index contributed by atoms with van der Waals surface area (Å²) in [5.41, 5.74) is 0. The number of hydrogen-bond acceptors (Lipinski definition) is 3. The van der Waals surface area contributed by atoms with E-state index in [1.807, 2.05) is 6.92 Å². The van der Waals surface area contributed by atoms with Gasteiger partial charge in [0.05, 0.1) is 0 Å². The molecular weight excluding hydrogens is 266 g/mol. The zero-order valence-corrected chi connectivity index (χ0v) is 12.9. The second kappa shape index (κ2) is 7.21. The predicted octanol–water partition coefficient (Wildman–Crippen LogP) is 0.564. The fourth-order valence-electron chi connectivity index (χ4n) is 2.15. The molecule has 1 atom stereocenters. The van der Waals surface area contributed by atoms with Crippen LogP contribution in [0.1, 0.15) is 39.0 Å². The average Bonchev–Trinajstić information content (AvgIpc) is 2.59. The summed E-state index contributed by atoms with van der Waals surface area (Å²) in [6.07, 6.45) is 4.11. The van der Waals surface area contributed by atoms with E-state index in [9.17, 15) is 13.2 Å². The van der Waals surface area contributed by atoms with Crippen LogP contribution in [0.25, 0.3) is 0 Å². The van der Waals surface area contributed by atoms with Gasteiger partial charge in [0.25, 0.3) is 10.2 Å². The quantitative estimate of drug-likeness (QED) is 0.777. The molecule has 0 saturated carbocycles. The maximum absolute atomic E-state index is 12.4. The van der Waals surface area contributed by atoms with Crippen molar-refractivity contribution in [3.63, 3.8) is 0 Å². The monoisotopic (exact) mass is 291 g/mol. The van der Waals surface area contributed by atoms with Crippen molar-refractivity contribution in [1.82, 2.24) is 13.9 Å². The van der Waals surface area contributed by atoms with E-state index in [0.29, 0.717) is 19.5 Å². The minimum absolute atomic E-state index is 0.188. The van der Waals surface area contributed by atoms with E-state index in [2.05, 4.69) is 5.32 Å². The number of carbonyl (C=O) groups excluding carboxylic acids is 1. The molecule has 0 aromatic heterocycles. The van der Waals surface area contributed by atoms with Crippen molar-refractivity contribution in [3.8, 4) is 0 Å². The highest BCUT2D eigenvalue weighted by molar-refractivity contribution is 7.86. The lowest BCUT2D eigenvalue weighted by Gasteiger charge is -2.29. The van der Waals surface area contributed by atoms with Gasteiger partial charge in [0.1, 0.15) is 6.04 Å². The normalized spacial score (nSPS) is 21.5. The first-order chi connectivity index (χ1) is 8.91. The van der Waals surface area contributed by atoms with Crippen molar-refractivity contribution in [2.45, 2.75) is 45.1 Å². The van der Waals surface area contributed by atoms with Gasteiger partial charge in [-0.15, -0.1) is 0 Å². The van der Waals surface area contributed by atoms with Crippen LogP contribution in [0.5, 0.6) is 0 Å². The first-order valence-electron chi connectivity index (χ1n) is 6.88. The molecule has 6 nitrogen and oxygen atoms in total. The highest BCUT2D eigenvalue weighted by Crippen LogP contribution is 2.16. The molecule has 0 bridgehead atoms.